The molecule has 2 rings (SSSR count). The molecular weight excluding hydrogens is 284 g/mol. The first-order chi connectivity index (χ1) is 9.28. The summed E-state index contributed by atoms with van der Waals surface area (Å²) in [6.07, 6.45) is 0.471. The van der Waals surface area contributed by atoms with Gasteiger partial charge in [-0.1, -0.05) is 5.16 Å². The van der Waals surface area contributed by atoms with E-state index in [4.69, 9.17) is 9.63 Å². The van der Waals surface area contributed by atoms with Crippen LogP contribution in [0.4, 0.5) is 0 Å². The van der Waals surface area contributed by atoms with Crippen molar-refractivity contribution in [3.8, 4) is 0 Å². The molecule has 0 amide bonds. The smallest absolute Gasteiger partial charge is 0.317 e. The summed E-state index contributed by atoms with van der Waals surface area (Å²) in [5.74, 6) is -0.196. The SMILES string of the molecule is Cc1noc(C)c1CN(CC(=O)O)C1CCS(=O)(=O)C1. The zero-order valence-corrected chi connectivity index (χ0v) is 12.3. The quantitative estimate of drug-likeness (QED) is 0.838. The number of nitrogens with zero attached hydrogens (tertiary/aromatic N) is 2. The van der Waals surface area contributed by atoms with Crippen molar-refractivity contribution in [1.29, 1.82) is 0 Å². The number of aliphatic carboxylic acids is 1. The third kappa shape index (κ3) is 3.37. The van der Waals surface area contributed by atoms with Gasteiger partial charge in [0, 0.05) is 18.2 Å². The largest absolute Gasteiger partial charge is 0.480 e. The lowest BCUT2D eigenvalue weighted by Gasteiger charge is -2.26. The minimum absolute atomic E-state index is 0.0175. The molecule has 1 N–H and O–H groups in total. The van der Waals surface area contributed by atoms with Crippen molar-refractivity contribution < 1.29 is 22.8 Å². The van der Waals surface area contributed by atoms with Crippen LogP contribution in [0.5, 0.6) is 0 Å². The van der Waals surface area contributed by atoms with Crippen LogP contribution in [0.1, 0.15) is 23.4 Å². The minimum Gasteiger partial charge on any atom is -0.480 e. The maximum Gasteiger partial charge on any atom is 0.317 e. The predicted octanol–water partition coefficient (Wildman–Crippen LogP) is 0.365. The first kappa shape index (κ1) is 15.0. The molecule has 1 aromatic heterocycles. The number of carbonyl (C=O) groups is 1. The first-order valence-electron chi connectivity index (χ1n) is 6.36. The van der Waals surface area contributed by atoms with Crippen LogP contribution in [0.3, 0.4) is 0 Å². The van der Waals surface area contributed by atoms with E-state index in [1.54, 1.807) is 18.7 Å². The summed E-state index contributed by atoms with van der Waals surface area (Å²) in [6, 6.07) is -0.259. The van der Waals surface area contributed by atoms with Gasteiger partial charge in [-0.05, 0) is 20.3 Å². The maximum atomic E-state index is 11.6. The molecule has 0 saturated carbocycles. The van der Waals surface area contributed by atoms with E-state index in [1.165, 1.54) is 0 Å². The summed E-state index contributed by atoms with van der Waals surface area (Å²) in [4.78, 5) is 12.7. The van der Waals surface area contributed by atoms with Crippen LogP contribution in [0.25, 0.3) is 0 Å². The fraction of sp³-hybridized carbons (Fsp3) is 0.667. The van der Waals surface area contributed by atoms with E-state index < -0.39 is 15.8 Å². The van der Waals surface area contributed by atoms with E-state index >= 15 is 0 Å². The molecule has 20 heavy (non-hydrogen) atoms. The van der Waals surface area contributed by atoms with Crippen LogP contribution < -0.4 is 0 Å². The van der Waals surface area contributed by atoms with Gasteiger partial charge in [0.1, 0.15) is 5.76 Å². The summed E-state index contributed by atoms with van der Waals surface area (Å²) in [5, 5.41) is 12.8. The summed E-state index contributed by atoms with van der Waals surface area (Å²) in [5.41, 5.74) is 1.54. The number of aromatic nitrogens is 1. The standard InChI is InChI=1S/C12H18N2O5S/c1-8-11(9(2)19-13-8)5-14(6-12(15)16)10-3-4-20(17,18)7-10/h10H,3-7H2,1-2H3,(H,15,16). The molecule has 1 aliphatic heterocycles. The van der Waals surface area contributed by atoms with Crippen LogP contribution >= 0.6 is 0 Å². The molecule has 112 valence electrons. The van der Waals surface area contributed by atoms with Crippen LogP contribution in [-0.2, 0) is 21.2 Å². The van der Waals surface area contributed by atoms with Gasteiger partial charge in [-0.3, -0.25) is 9.69 Å². The molecule has 0 aliphatic carbocycles. The third-order valence-corrected chi connectivity index (χ3v) is 5.36. The third-order valence-electron chi connectivity index (χ3n) is 3.61. The zero-order chi connectivity index (χ0) is 14.9. The van der Waals surface area contributed by atoms with Gasteiger partial charge in [-0.25, -0.2) is 8.42 Å². The Kier molecular flexibility index (Phi) is 4.14. The van der Waals surface area contributed by atoms with E-state index in [2.05, 4.69) is 5.16 Å². The monoisotopic (exact) mass is 302 g/mol. The zero-order valence-electron chi connectivity index (χ0n) is 11.5. The lowest BCUT2D eigenvalue weighted by Crippen LogP contribution is -2.39. The van der Waals surface area contributed by atoms with E-state index in [9.17, 15) is 13.2 Å². The lowest BCUT2D eigenvalue weighted by atomic mass is 10.1. The second kappa shape index (κ2) is 5.53. The summed E-state index contributed by atoms with van der Waals surface area (Å²) in [6.45, 7) is 3.70. The maximum absolute atomic E-state index is 11.6. The average Bonchev–Trinajstić information content (AvgIpc) is 2.84. The van der Waals surface area contributed by atoms with Crippen molar-refractivity contribution in [2.24, 2.45) is 0 Å². The Hall–Kier alpha value is -1.41. The molecule has 1 aromatic rings. The number of carboxylic acid groups (broad SMARTS) is 1. The minimum atomic E-state index is -3.05. The Morgan fingerprint density at radius 2 is 2.20 bits per heavy atom. The number of carboxylic acids is 1. The highest BCUT2D eigenvalue weighted by Crippen LogP contribution is 2.22. The topological polar surface area (TPSA) is 101 Å². The summed E-state index contributed by atoms with van der Waals surface area (Å²) < 4.78 is 28.2. The highest BCUT2D eigenvalue weighted by Gasteiger charge is 2.33. The van der Waals surface area contributed by atoms with Crippen molar-refractivity contribution in [2.75, 3.05) is 18.1 Å². The summed E-state index contributed by atoms with van der Waals surface area (Å²) >= 11 is 0. The summed E-state index contributed by atoms with van der Waals surface area (Å²) in [7, 11) is -3.05. The van der Waals surface area contributed by atoms with E-state index in [0.717, 1.165) is 5.56 Å². The molecule has 1 unspecified atom stereocenters. The van der Waals surface area contributed by atoms with Crippen LogP contribution in [-0.4, -0.2) is 53.6 Å². The van der Waals surface area contributed by atoms with Gasteiger partial charge < -0.3 is 9.63 Å². The van der Waals surface area contributed by atoms with E-state index in [1.807, 2.05) is 0 Å². The van der Waals surface area contributed by atoms with Crippen LogP contribution in [0.15, 0.2) is 4.52 Å². The molecule has 0 bridgehead atoms. The molecule has 1 saturated heterocycles. The Bertz CT molecular complexity index is 588. The Labute approximate surface area is 117 Å². The number of aryl methyl sites for hydroxylation is 2. The Balaban J connectivity index is 2.18. The van der Waals surface area contributed by atoms with Gasteiger partial charge >= 0.3 is 5.97 Å². The molecular formula is C12H18N2O5S. The molecule has 1 fully saturated rings. The van der Waals surface area contributed by atoms with Crippen molar-refractivity contribution >= 4 is 15.8 Å². The fourth-order valence-electron chi connectivity index (χ4n) is 2.48. The van der Waals surface area contributed by atoms with Crippen molar-refractivity contribution in [3.05, 3.63) is 17.0 Å². The molecule has 1 aliphatic rings. The molecule has 0 radical (unpaired) electrons. The fourth-order valence-corrected chi connectivity index (χ4v) is 4.24. The first-order valence-corrected chi connectivity index (χ1v) is 8.18. The molecule has 2 heterocycles. The Morgan fingerprint density at radius 3 is 2.65 bits per heavy atom. The molecule has 0 aromatic carbocycles. The molecule has 1 atom stereocenters. The van der Waals surface area contributed by atoms with Gasteiger partial charge in [0.15, 0.2) is 9.84 Å². The van der Waals surface area contributed by atoms with Crippen molar-refractivity contribution in [3.63, 3.8) is 0 Å². The van der Waals surface area contributed by atoms with Gasteiger partial charge in [-0.2, -0.15) is 0 Å². The lowest BCUT2D eigenvalue weighted by molar-refractivity contribution is -0.139. The second-order valence-corrected chi connectivity index (χ2v) is 7.39. The predicted molar refractivity (Wildman–Crippen MR) is 71.1 cm³/mol. The number of rotatable bonds is 5. The van der Waals surface area contributed by atoms with Gasteiger partial charge in [0.2, 0.25) is 0 Å². The molecule has 0 spiro atoms. The normalized spacial score (nSPS) is 21.4. The van der Waals surface area contributed by atoms with Crippen molar-refractivity contribution in [2.45, 2.75) is 32.9 Å². The molecule has 7 nitrogen and oxygen atoms in total. The number of hydrogen-bond donors (Lipinski definition) is 1. The van der Waals surface area contributed by atoms with E-state index in [-0.39, 0.29) is 24.1 Å². The number of hydrogen-bond acceptors (Lipinski definition) is 6. The van der Waals surface area contributed by atoms with Crippen molar-refractivity contribution in [1.82, 2.24) is 10.1 Å². The van der Waals surface area contributed by atoms with E-state index in [0.29, 0.717) is 24.4 Å². The van der Waals surface area contributed by atoms with Crippen LogP contribution in [0, 0.1) is 13.8 Å². The highest BCUT2D eigenvalue weighted by atomic mass is 32.2. The number of sulfone groups is 1. The highest BCUT2D eigenvalue weighted by molar-refractivity contribution is 7.91. The Morgan fingerprint density at radius 1 is 1.50 bits per heavy atom. The van der Waals surface area contributed by atoms with Gasteiger partial charge in [0.25, 0.3) is 0 Å². The van der Waals surface area contributed by atoms with Crippen LogP contribution in [0.2, 0.25) is 0 Å². The molecule has 8 heteroatoms. The van der Waals surface area contributed by atoms with Gasteiger partial charge in [-0.15, -0.1) is 0 Å². The second-order valence-electron chi connectivity index (χ2n) is 5.16. The van der Waals surface area contributed by atoms with Gasteiger partial charge in [0.05, 0.1) is 23.7 Å². The average molecular weight is 302 g/mol.